The van der Waals surface area contributed by atoms with Crippen molar-refractivity contribution >= 4 is 23.2 Å². The minimum Gasteiger partial charge on any atom is -0.399 e. The van der Waals surface area contributed by atoms with Gasteiger partial charge in [0.05, 0.1) is 11.4 Å². The van der Waals surface area contributed by atoms with Gasteiger partial charge >= 0.3 is 0 Å². The minimum atomic E-state index is -0.667. The number of aryl methyl sites for hydroxylation is 2. The van der Waals surface area contributed by atoms with E-state index < -0.39 is 17.7 Å². The van der Waals surface area contributed by atoms with E-state index >= 15 is 4.39 Å². The number of carbonyl (C=O) groups is 1. The molecule has 4 rings (SSSR count). The molecule has 34 heavy (non-hydrogen) atoms. The van der Waals surface area contributed by atoms with Gasteiger partial charge in [-0.15, -0.1) is 0 Å². The number of aromatic nitrogens is 2. The fraction of sp³-hybridized carbons (Fsp3) is 0.320. The molecule has 1 heterocycles. The van der Waals surface area contributed by atoms with Crippen molar-refractivity contribution in [2.45, 2.75) is 39.3 Å². The Labute approximate surface area is 201 Å². The number of rotatable bonds is 7. The maximum absolute atomic E-state index is 15.3. The number of benzene rings is 2. The number of oxime groups is 1. The highest BCUT2D eigenvalue weighted by Crippen LogP contribution is 2.34. The molecule has 6 nitrogen and oxygen atoms in total. The van der Waals surface area contributed by atoms with Crippen molar-refractivity contribution in [1.82, 2.24) is 14.7 Å². The quantitative estimate of drug-likeness (QED) is 0.327. The van der Waals surface area contributed by atoms with E-state index in [0.29, 0.717) is 38.7 Å². The summed E-state index contributed by atoms with van der Waals surface area (Å²) < 4.78 is 31.0. The molecule has 1 fully saturated rings. The van der Waals surface area contributed by atoms with E-state index in [1.54, 1.807) is 55.1 Å². The summed E-state index contributed by atoms with van der Waals surface area (Å²) in [4.78, 5) is 19.7. The Morgan fingerprint density at radius 2 is 2.03 bits per heavy atom. The highest BCUT2D eigenvalue weighted by Gasteiger charge is 2.36. The zero-order valence-corrected chi connectivity index (χ0v) is 20.2. The van der Waals surface area contributed by atoms with Crippen LogP contribution in [0.15, 0.2) is 41.6 Å². The summed E-state index contributed by atoms with van der Waals surface area (Å²) in [6, 6.07) is 10.2. The highest BCUT2D eigenvalue weighted by molar-refractivity contribution is 6.31. The third-order valence-electron chi connectivity index (χ3n) is 5.93. The van der Waals surface area contributed by atoms with E-state index in [2.05, 4.69) is 10.3 Å². The lowest BCUT2D eigenvalue weighted by Crippen LogP contribution is -2.33. The fourth-order valence-electron chi connectivity index (χ4n) is 4.04. The van der Waals surface area contributed by atoms with Gasteiger partial charge in [-0.3, -0.25) is 4.79 Å². The van der Waals surface area contributed by atoms with E-state index in [4.69, 9.17) is 16.4 Å². The zero-order chi connectivity index (χ0) is 24.6. The molecule has 0 unspecified atom stereocenters. The molecule has 3 aromatic rings. The third kappa shape index (κ3) is 4.55. The number of nitrogens with zero attached hydrogens (tertiary/aromatic N) is 4. The van der Waals surface area contributed by atoms with Crippen LogP contribution in [0, 0.1) is 18.7 Å². The molecule has 0 atom stereocenters. The summed E-state index contributed by atoms with van der Waals surface area (Å²) >= 11 is 6.48. The Bertz CT molecular complexity index is 1280. The van der Waals surface area contributed by atoms with Crippen molar-refractivity contribution in [3.8, 4) is 11.1 Å². The predicted molar refractivity (Wildman–Crippen MR) is 127 cm³/mol. The average molecular weight is 487 g/mol. The maximum Gasteiger partial charge on any atom is 0.260 e. The van der Waals surface area contributed by atoms with E-state index in [9.17, 15) is 9.18 Å². The molecule has 2 aromatic carbocycles. The number of hydrogen-bond acceptors (Lipinski definition) is 4. The third-order valence-corrected chi connectivity index (χ3v) is 6.30. The molecule has 1 amide bonds. The van der Waals surface area contributed by atoms with Crippen molar-refractivity contribution in [2.24, 2.45) is 12.2 Å². The summed E-state index contributed by atoms with van der Waals surface area (Å²) in [7, 11) is 2.87. The van der Waals surface area contributed by atoms with Crippen LogP contribution in [-0.4, -0.2) is 39.5 Å². The fourth-order valence-corrected chi connectivity index (χ4v) is 4.21. The van der Waals surface area contributed by atoms with E-state index in [0.717, 1.165) is 17.5 Å². The van der Waals surface area contributed by atoms with Crippen molar-refractivity contribution in [3.63, 3.8) is 0 Å². The molecule has 0 saturated heterocycles. The van der Waals surface area contributed by atoms with E-state index in [1.165, 1.54) is 14.2 Å². The Morgan fingerprint density at radius 3 is 2.65 bits per heavy atom. The van der Waals surface area contributed by atoms with Gasteiger partial charge in [-0.1, -0.05) is 41.0 Å². The van der Waals surface area contributed by atoms with Crippen LogP contribution in [0.25, 0.3) is 11.1 Å². The monoisotopic (exact) mass is 486 g/mol. The van der Waals surface area contributed by atoms with Crippen LogP contribution in [0.5, 0.6) is 0 Å². The number of hydrogen-bond donors (Lipinski definition) is 0. The summed E-state index contributed by atoms with van der Waals surface area (Å²) in [5, 5.41) is 8.29. The Kier molecular flexibility index (Phi) is 6.70. The minimum absolute atomic E-state index is 0.000743. The molecule has 1 aromatic heterocycles. The van der Waals surface area contributed by atoms with Gasteiger partial charge in [0.15, 0.2) is 0 Å². The molecule has 1 aliphatic carbocycles. The van der Waals surface area contributed by atoms with Gasteiger partial charge in [0, 0.05) is 35.8 Å². The first-order valence-corrected chi connectivity index (χ1v) is 11.3. The molecular weight excluding hydrogens is 462 g/mol. The maximum atomic E-state index is 15.3. The predicted octanol–water partition coefficient (Wildman–Crippen LogP) is 5.50. The van der Waals surface area contributed by atoms with E-state index in [1.807, 2.05) is 0 Å². The van der Waals surface area contributed by atoms with Crippen LogP contribution in [-0.2, 0) is 18.4 Å². The van der Waals surface area contributed by atoms with Crippen LogP contribution >= 0.6 is 11.6 Å². The van der Waals surface area contributed by atoms with Crippen molar-refractivity contribution < 1.29 is 18.4 Å². The standard InChI is InChI=1S/C25H25ClF2N4O2/c1-14(30-34-4)19-6-5-7-20(23(19)27)16-8-11-21(26)17(12-16)13-32(18-9-10-18)25(33)22-15(2)29-31(3)24(22)28/h5-8,11-12,18H,9-10,13H2,1-4H3/b30-14+. The van der Waals surface area contributed by atoms with Crippen LogP contribution in [0.2, 0.25) is 5.02 Å². The number of carbonyl (C=O) groups excluding carboxylic acids is 1. The molecule has 1 aliphatic rings. The smallest absolute Gasteiger partial charge is 0.260 e. The number of amides is 1. The zero-order valence-electron chi connectivity index (χ0n) is 19.4. The van der Waals surface area contributed by atoms with Gasteiger partial charge in [0.1, 0.15) is 18.5 Å². The van der Waals surface area contributed by atoms with Gasteiger partial charge in [0.25, 0.3) is 5.91 Å². The van der Waals surface area contributed by atoms with Gasteiger partial charge in [-0.25, -0.2) is 9.07 Å². The first-order valence-electron chi connectivity index (χ1n) is 10.9. The second-order valence-electron chi connectivity index (χ2n) is 8.37. The van der Waals surface area contributed by atoms with Crippen molar-refractivity contribution in [1.29, 1.82) is 0 Å². The molecule has 0 aliphatic heterocycles. The molecular formula is C25H25ClF2N4O2. The lowest BCUT2D eigenvalue weighted by Gasteiger charge is -2.23. The second-order valence-corrected chi connectivity index (χ2v) is 8.78. The summed E-state index contributed by atoms with van der Waals surface area (Å²) in [5.41, 5.74) is 2.67. The molecule has 0 N–H and O–H groups in total. The largest absolute Gasteiger partial charge is 0.399 e. The van der Waals surface area contributed by atoms with Crippen LogP contribution in [0.3, 0.4) is 0 Å². The molecule has 0 radical (unpaired) electrons. The highest BCUT2D eigenvalue weighted by atomic mass is 35.5. The number of halogens is 3. The SMILES string of the molecule is CO/N=C(\C)c1cccc(-c2ccc(Cl)c(CN(C(=O)c3c(C)nn(C)c3F)C3CC3)c2)c1F. The summed E-state index contributed by atoms with van der Waals surface area (Å²) in [6.45, 7) is 3.45. The summed E-state index contributed by atoms with van der Waals surface area (Å²) in [5.74, 6) is -1.52. The normalized spacial score (nSPS) is 13.8. The van der Waals surface area contributed by atoms with Crippen molar-refractivity contribution in [2.75, 3.05) is 7.11 Å². The van der Waals surface area contributed by atoms with E-state index in [-0.39, 0.29) is 18.2 Å². The molecule has 9 heteroatoms. The van der Waals surface area contributed by atoms with Crippen LogP contribution < -0.4 is 0 Å². The molecule has 0 spiro atoms. The Balaban J connectivity index is 1.70. The Hall–Kier alpha value is -3.26. The average Bonchev–Trinajstić information content (AvgIpc) is 3.60. The first kappa shape index (κ1) is 23.9. The Morgan fingerprint density at radius 1 is 1.29 bits per heavy atom. The lowest BCUT2D eigenvalue weighted by molar-refractivity contribution is 0.0724. The molecule has 178 valence electrons. The molecule has 1 saturated carbocycles. The second kappa shape index (κ2) is 9.54. The van der Waals surface area contributed by atoms with Crippen LogP contribution in [0.4, 0.5) is 8.78 Å². The molecule has 0 bridgehead atoms. The topological polar surface area (TPSA) is 59.7 Å². The van der Waals surface area contributed by atoms with Gasteiger partial charge < -0.3 is 9.74 Å². The summed E-state index contributed by atoms with van der Waals surface area (Å²) in [6.07, 6.45) is 1.66. The van der Waals surface area contributed by atoms with Crippen molar-refractivity contribution in [3.05, 3.63) is 75.6 Å². The lowest BCUT2D eigenvalue weighted by atomic mass is 9.98. The van der Waals surface area contributed by atoms with Gasteiger partial charge in [0.2, 0.25) is 5.95 Å². The first-order chi connectivity index (χ1) is 16.2. The van der Waals surface area contributed by atoms with Crippen LogP contribution in [0.1, 0.15) is 46.9 Å². The van der Waals surface area contributed by atoms with Gasteiger partial charge in [-0.05, 0) is 49.9 Å². The van der Waals surface area contributed by atoms with Gasteiger partial charge in [-0.2, -0.15) is 9.49 Å².